The monoisotopic (exact) mass is 498 g/mol. The average Bonchev–Trinajstić information content (AvgIpc) is 3.32. The van der Waals surface area contributed by atoms with Crippen molar-refractivity contribution in [3.8, 4) is 11.6 Å². The number of carbonyl (C=O) groups is 2. The number of imide groups is 1. The van der Waals surface area contributed by atoms with E-state index in [-0.39, 0.29) is 16.8 Å². The lowest BCUT2D eigenvalue weighted by molar-refractivity contribution is -0.577. The van der Waals surface area contributed by atoms with Crippen molar-refractivity contribution >= 4 is 40.4 Å². The molecular formula is C28H23ClN4O3. The van der Waals surface area contributed by atoms with Gasteiger partial charge in [-0.3, -0.25) is 9.59 Å². The van der Waals surface area contributed by atoms with Gasteiger partial charge in [0.15, 0.2) is 12.4 Å². The van der Waals surface area contributed by atoms with Crippen LogP contribution < -0.4 is 14.6 Å². The first-order valence-corrected chi connectivity index (χ1v) is 11.9. The molecule has 0 bridgehead atoms. The zero-order chi connectivity index (χ0) is 25.6. The summed E-state index contributed by atoms with van der Waals surface area (Å²) in [6.07, 6.45) is 3.86. The van der Waals surface area contributed by atoms with E-state index in [0.717, 1.165) is 16.0 Å². The van der Waals surface area contributed by atoms with E-state index in [1.165, 1.54) is 4.68 Å². The van der Waals surface area contributed by atoms with Gasteiger partial charge in [0, 0.05) is 22.2 Å². The SMILES string of the molecule is CCc1nn(-c2ccc(Cl)cc2)c([O-])c1C1=C([n+]2cccc(C)c2)C(=O)N(c2ccc(C)cc2)C1=O. The Hall–Kier alpha value is -4.23. The summed E-state index contributed by atoms with van der Waals surface area (Å²) in [6, 6.07) is 17.5. The van der Waals surface area contributed by atoms with Gasteiger partial charge in [-0.2, -0.15) is 9.67 Å². The molecule has 1 aliphatic rings. The third-order valence-electron chi connectivity index (χ3n) is 6.13. The lowest BCUT2D eigenvalue weighted by atomic mass is 10.0. The van der Waals surface area contributed by atoms with Gasteiger partial charge >= 0.3 is 5.91 Å². The van der Waals surface area contributed by atoms with E-state index >= 15 is 0 Å². The minimum Gasteiger partial charge on any atom is -0.858 e. The van der Waals surface area contributed by atoms with Crippen LogP contribution in [-0.2, 0) is 16.0 Å². The zero-order valence-corrected chi connectivity index (χ0v) is 20.8. The molecule has 0 fully saturated rings. The van der Waals surface area contributed by atoms with Crippen molar-refractivity contribution in [3.63, 3.8) is 0 Å². The summed E-state index contributed by atoms with van der Waals surface area (Å²) in [7, 11) is 0. The third-order valence-corrected chi connectivity index (χ3v) is 6.38. The van der Waals surface area contributed by atoms with Crippen molar-refractivity contribution in [2.24, 2.45) is 0 Å². The summed E-state index contributed by atoms with van der Waals surface area (Å²) < 4.78 is 2.86. The van der Waals surface area contributed by atoms with Gasteiger partial charge in [0.2, 0.25) is 0 Å². The predicted octanol–water partition coefficient (Wildman–Crippen LogP) is 4.01. The van der Waals surface area contributed by atoms with E-state index in [0.29, 0.717) is 28.5 Å². The highest BCUT2D eigenvalue weighted by atomic mass is 35.5. The van der Waals surface area contributed by atoms with Crippen LogP contribution in [0.25, 0.3) is 17.0 Å². The maximum atomic E-state index is 13.9. The third kappa shape index (κ3) is 3.87. The number of amides is 2. The smallest absolute Gasteiger partial charge is 0.331 e. The first-order valence-electron chi connectivity index (χ1n) is 11.5. The number of pyridine rings is 1. The van der Waals surface area contributed by atoms with Crippen LogP contribution in [0, 0.1) is 13.8 Å². The Kier molecular flexibility index (Phi) is 5.94. The van der Waals surface area contributed by atoms with Crippen molar-refractivity contribution in [1.29, 1.82) is 0 Å². The summed E-state index contributed by atoms with van der Waals surface area (Å²) in [4.78, 5) is 28.8. The molecule has 0 radical (unpaired) electrons. The van der Waals surface area contributed by atoms with Gasteiger partial charge in [0.25, 0.3) is 11.6 Å². The highest BCUT2D eigenvalue weighted by Crippen LogP contribution is 2.39. The number of aromatic nitrogens is 3. The van der Waals surface area contributed by atoms with Gasteiger partial charge in [-0.1, -0.05) is 36.2 Å². The molecule has 1 aliphatic heterocycles. The summed E-state index contributed by atoms with van der Waals surface area (Å²) in [5.41, 5.74) is 3.57. The Morgan fingerprint density at radius 3 is 2.22 bits per heavy atom. The van der Waals surface area contributed by atoms with E-state index in [1.807, 2.05) is 39.0 Å². The highest BCUT2D eigenvalue weighted by Gasteiger charge is 2.47. The average molecular weight is 499 g/mol. The fraction of sp³-hybridized carbons (Fsp3) is 0.143. The number of halogens is 1. The van der Waals surface area contributed by atoms with Crippen molar-refractivity contribution < 1.29 is 19.3 Å². The molecule has 3 heterocycles. The van der Waals surface area contributed by atoms with E-state index in [9.17, 15) is 14.7 Å². The topological polar surface area (TPSA) is 82.1 Å². The Bertz CT molecular complexity index is 1540. The molecule has 0 unspecified atom stereocenters. The molecule has 2 aromatic carbocycles. The quantitative estimate of drug-likeness (QED) is 0.307. The number of nitrogens with zero attached hydrogens (tertiary/aromatic N) is 4. The number of carbonyl (C=O) groups excluding carboxylic acids is 2. The second-order valence-corrected chi connectivity index (χ2v) is 9.10. The summed E-state index contributed by atoms with van der Waals surface area (Å²) in [6.45, 7) is 5.68. The summed E-state index contributed by atoms with van der Waals surface area (Å²) in [5.74, 6) is -1.53. The van der Waals surface area contributed by atoms with Crippen LogP contribution in [0.3, 0.4) is 0 Å². The predicted molar refractivity (Wildman–Crippen MR) is 136 cm³/mol. The minimum atomic E-state index is -0.560. The Balaban J connectivity index is 1.76. The second-order valence-electron chi connectivity index (χ2n) is 8.66. The molecule has 0 saturated carbocycles. The molecule has 0 N–H and O–H groups in total. The lowest BCUT2D eigenvalue weighted by Crippen LogP contribution is -2.39. The molecule has 5 rings (SSSR count). The number of aryl methyl sites for hydroxylation is 3. The molecule has 2 amide bonds. The van der Waals surface area contributed by atoms with Gasteiger partial charge in [-0.15, -0.1) is 0 Å². The fourth-order valence-electron chi connectivity index (χ4n) is 4.34. The van der Waals surface area contributed by atoms with Crippen LogP contribution in [0.15, 0.2) is 73.1 Å². The minimum absolute atomic E-state index is 0.0400. The van der Waals surface area contributed by atoms with Gasteiger partial charge in [-0.25, -0.2) is 9.58 Å². The highest BCUT2D eigenvalue weighted by molar-refractivity contribution is 6.53. The number of benzene rings is 2. The van der Waals surface area contributed by atoms with E-state index in [1.54, 1.807) is 59.4 Å². The van der Waals surface area contributed by atoms with Gasteiger partial charge < -0.3 is 5.11 Å². The molecule has 36 heavy (non-hydrogen) atoms. The van der Waals surface area contributed by atoms with Crippen LogP contribution in [0.5, 0.6) is 5.88 Å². The maximum Gasteiger partial charge on any atom is 0.331 e. The first kappa shape index (κ1) is 23.5. The maximum absolute atomic E-state index is 13.9. The van der Waals surface area contributed by atoms with Crippen molar-refractivity contribution in [2.45, 2.75) is 27.2 Å². The Morgan fingerprint density at radius 2 is 1.58 bits per heavy atom. The van der Waals surface area contributed by atoms with E-state index in [2.05, 4.69) is 5.10 Å². The molecule has 0 aliphatic carbocycles. The molecule has 2 aromatic heterocycles. The molecule has 0 saturated heterocycles. The Morgan fingerprint density at radius 1 is 0.917 bits per heavy atom. The van der Waals surface area contributed by atoms with Crippen LogP contribution in [0.4, 0.5) is 5.69 Å². The molecule has 0 atom stereocenters. The zero-order valence-electron chi connectivity index (χ0n) is 20.0. The molecular weight excluding hydrogens is 476 g/mol. The van der Waals surface area contributed by atoms with Gasteiger partial charge in [0.1, 0.15) is 5.57 Å². The van der Waals surface area contributed by atoms with E-state index < -0.39 is 17.7 Å². The summed E-state index contributed by atoms with van der Waals surface area (Å²) in [5, 5.41) is 18.8. The Labute approximate surface area is 213 Å². The standard InChI is InChI=1S/C28H23ClN4O3/c1-4-22-23(27(35)33(30-22)21-13-9-19(29)10-14-21)24-25(31-15-5-6-18(3)16-31)28(36)32(26(24)34)20-11-7-17(2)8-12-20/h5-16H,4H2,1-3H3. The van der Waals surface area contributed by atoms with Crippen LogP contribution in [-0.4, -0.2) is 21.6 Å². The van der Waals surface area contributed by atoms with Crippen molar-refractivity contribution in [2.75, 3.05) is 4.90 Å². The van der Waals surface area contributed by atoms with Crippen LogP contribution >= 0.6 is 11.6 Å². The number of hydrogen-bond acceptors (Lipinski definition) is 4. The van der Waals surface area contributed by atoms with Gasteiger partial charge in [0.05, 0.1) is 17.1 Å². The lowest BCUT2D eigenvalue weighted by Gasteiger charge is -2.16. The molecule has 0 spiro atoms. The number of anilines is 1. The normalized spacial score (nSPS) is 13.7. The molecule has 180 valence electrons. The summed E-state index contributed by atoms with van der Waals surface area (Å²) >= 11 is 6.02. The second kappa shape index (κ2) is 9.09. The fourth-order valence-corrected chi connectivity index (χ4v) is 4.47. The van der Waals surface area contributed by atoms with Crippen LogP contribution in [0.1, 0.15) is 29.3 Å². The van der Waals surface area contributed by atoms with Crippen LogP contribution in [0.2, 0.25) is 5.02 Å². The number of hydrogen-bond donors (Lipinski definition) is 0. The number of rotatable bonds is 5. The molecule has 8 heteroatoms. The van der Waals surface area contributed by atoms with Crippen molar-refractivity contribution in [1.82, 2.24) is 9.78 Å². The largest absolute Gasteiger partial charge is 0.858 e. The van der Waals surface area contributed by atoms with Gasteiger partial charge in [-0.05, 0) is 68.6 Å². The first-order chi connectivity index (χ1) is 17.3. The van der Waals surface area contributed by atoms with Crippen molar-refractivity contribution in [3.05, 3.63) is 100 Å². The van der Waals surface area contributed by atoms with E-state index in [4.69, 9.17) is 11.6 Å². The molecule has 7 nitrogen and oxygen atoms in total. The molecule has 4 aromatic rings.